The van der Waals surface area contributed by atoms with Gasteiger partial charge in [0.2, 0.25) is 0 Å². The molecule has 0 unspecified atom stereocenters. The normalized spacial score (nSPS) is 17.7. The monoisotopic (exact) mass is 384 g/mol. The lowest BCUT2D eigenvalue weighted by molar-refractivity contribution is -0.131. The number of aliphatic carboxylic acids is 1. The second-order valence-electron chi connectivity index (χ2n) is 8.66. The lowest BCUT2D eigenvalue weighted by Crippen LogP contribution is -2.32. The Morgan fingerprint density at radius 2 is 1.85 bits per heavy atom. The molecule has 3 nitrogen and oxygen atoms in total. The fourth-order valence-corrected chi connectivity index (χ4v) is 5.74. The fraction of sp³-hybridized carbons (Fsp3) is 0.435. The Bertz CT molecular complexity index is 916. The zero-order valence-corrected chi connectivity index (χ0v) is 17.8. The number of hydrogen-bond acceptors (Lipinski definition) is 3. The Hall–Kier alpha value is -2.07. The van der Waals surface area contributed by atoms with Crippen molar-refractivity contribution in [1.29, 1.82) is 0 Å². The lowest BCUT2D eigenvalue weighted by Gasteiger charge is -2.39. The lowest BCUT2D eigenvalue weighted by atomic mass is 9.66. The molecule has 1 N–H and O–H groups in total. The number of thiophene rings is 1. The SMILES string of the molecule is COc1cc(/C=C/C(=O)O)ccc1-c1sc2c(c1C)C(C)(C)CCC2(C)C. The maximum absolute atomic E-state index is 10.8. The van der Waals surface area contributed by atoms with E-state index in [0.29, 0.717) is 0 Å². The van der Waals surface area contributed by atoms with Crippen LogP contribution in [-0.2, 0) is 15.6 Å². The third kappa shape index (κ3) is 3.55. The van der Waals surface area contributed by atoms with E-state index in [1.807, 2.05) is 29.5 Å². The van der Waals surface area contributed by atoms with Gasteiger partial charge in [0.25, 0.3) is 0 Å². The fourth-order valence-electron chi connectivity index (χ4n) is 4.09. The van der Waals surface area contributed by atoms with Crippen LogP contribution in [0.2, 0.25) is 0 Å². The number of hydrogen-bond donors (Lipinski definition) is 1. The van der Waals surface area contributed by atoms with Gasteiger partial charge in [0.15, 0.2) is 0 Å². The van der Waals surface area contributed by atoms with Gasteiger partial charge in [0.05, 0.1) is 7.11 Å². The van der Waals surface area contributed by atoms with Crippen LogP contribution in [0.15, 0.2) is 24.3 Å². The largest absolute Gasteiger partial charge is 0.496 e. The van der Waals surface area contributed by atoms with Gasteiger partial charge in [-0.2, -0.15) is 0 Å². The molecule has 0 spiro atoms. The van der Waals surface area contributed by atoms with Gasteiger partial charge < -0.3 is 9.84 Å². The van der Waals surface area contributed by atoms with E-state index in [4.69, 9.17) is 9.84 Å². The zero-order chi connectivity index (χ0) is 20.0. The van der Waals surface area contributed by atoms with Crippen LogP contribution in [0, 0.1) is 6.92 Å². The minimum Gasteiger partial charge on any atom is -0.496 e. The van der Waals surface area contributed by atoms with E-state index in [1.54, 1.807) is 13.2 Å². The predicted molar refractivity (Wildman–Crippen MR) is 113 cm³/mol. The van der Waals surface area contributed by atoms with E-state index in [0.717, 1.165) is 23.0 Å². The highest BCUT2D eigenvalue weighted by Gasteiger charge is 2.41. The predicted octanol–water partition coefficient (Wildman–Crippen LogP) is 6.18. The second-order valence-corrected chi connectivity index (χ2v) is 9.68. The molecule has 0 bridgehead atoms. The van der Waals surface area contributed by atoms with Crippen LogP contribution in [0.4, 0.5) is 0 Å². The molecule has 1 aliphatic carbocycles. The number of benzene rings is 1. The topological polar surface area (TPSA) is 46.5 Å². The first kappa shape index (κ1) is 19.7. The summed E-state index contributed by atoms with van der Waals surface area (Å²) in [6.45, 7) is 11.6. The zero-order valence-electron chi connectivity index (χ0n) is 17.0. The molecule has 1 aliphatic rings. The first-order chi connectivity index (χ1) is 12.6. The Morgan fingerprint density at radius 1 is 1.19 bits per heavy atom. The summed E-state index contributed by atoms with van der Waals surface area (Å²) in [7, 11) is 1.67. The molecule has 4 heteroatoms. The highest BCUT2D eigenvalue weighted by atomic mass is 32.1. The summed E-state index contributed by atoms with van der Waals surface area (Å²) in [6.07, 6.45) is 5.13. The molecule has 1 aromatic heterocycles. The number of methoxy groups -OCH3 is 1. The summed E-state index contributed by atoms with van der Waals surface area (Å²) in [5, 5.41) is 8.85. The maximum Gasteiger partial charge on any atom is 0.328 e. The summed E-state index contributed by atoms with van der Waals surface area (Å²) < 4.78 is 5.66. The van der Waals surface area contributed by atoms with Gasteiger partial charge in [-0.3, -0.25) is 0 Å². The van der Waals surface area contributed by atoms with Crippen molar-refractivity contribution in [1.82, 2.24) is 0 Å². The summed E-state index contributed by atoms with van der Waals surface area (Å²) in [5.74, 6) is -0.177. The summed E-state index contributed by atoms with van der Waals surface area (Å²) in [5.41, 5.74) is 5.11. The molecular formula is C23H28O3S. The van der Waals surface area contributed by atoms with Gasteiger partial charge in [-0.25, -0.2) is 4.79 Å². The summed E-state index contributed by atoms with van der Waals surface area (Å²) in [4.78, 5) is 13.5. The van der Waals surface area contributed by atoms with Crippen molar-refractivity contribution in [3.05, 3.63) is 45.8 Å². The summed E-state index contributed by atoms with van der Waals surface area (Å²) in [6, 6.07) is 5.90. The van der Waals surface area contributed by atoms with Crippen molar-refractivity contribution in [3.8, 4) is 16.2 Å². The van der Waals surface area contributed by atoms with Crippen LogP contribution in [0.25, 0.3) is 16.5 Å². The molecule has 0 saturated carbocycles. The molecule has 0 amide bonds. The average molecular weight is 385 g/mol. The molecule has 0 aliphatic heterocycles. The van der Waals surface area contributed by atoms with Gasteiger partial charge in [-0.1, -0.05) is 33.8 Å². The molecule has 144 valence electrons. The van der Waals surface area contributed by atoms with E-state index in [2.05, 4.69) is 34.6 Å². The van der Waals surface area contributed by atoms with E-state index in [9.17, 15) is 4.79 Å². The molecule has 3 rings (SSSR count). The van der Waals surface area contributed by atoms with E-state index >= 15 is 0 Å². The molecule has 27 heavy (non-hydrogen) atoms. The maximum atomic E-state index is 10.8. The molecular weight excluding hydrogens is 356 g/mol. The number of carbonyl (C=O) groups is 1. The van der Waals surface area contributed by atoms with Crippen LogP contribution in [0.5, 0.6) is 5.75 Å². The Labute approximate surface area is 165 Å². The van der Waals surface area contributed by atoms with E-state index in [1.165, 1.54) is 33.7 Å². The Kier molecular flexibility index (Phi) is 4.98. The van der Waals surface area contributed by atoms with Crippen molar-refractivity contribution in [2.75, 3.05) is 7.11 Å². The second kappa shape index (κ2) is 6.83. The number of carboxylic acid groups (broad SMARTS) is 1. The Balaban J connectivity index is 2.15. The van der Waals surface area contributed by atoms with Crippen molar-refractivity contribution >= 4 is 23.4 Å². The number of ether oxygens (including phenoxy) is 1. The quantitative estimate of drug-likeness (QED) is 0.640. The minimum absolute atomic E-state index is 0.182. The molecule has 0 radical (unpaired) electrons. The van der Waals surface area contributed by atoms with Crippen molar-refractivity contribution in [2.24, 2.45) is 0 Å². The third-order valence-electron chi connectivity index (χ3n) is 5.70. The molecule has 0 saturated heterocycles. The number of carboxylic acids is 1. The highest BCUT2D eigenvalue weighted by molar-refractivity contribution is 7.16. The van der Waals surface area contributed by atoms with Crippen LogP contribution in [-0.4, -0.2) is 18.2 Å². The van der Waals surface area contributed by atoms with Gasteiger partial charge in [0, 0.05) is 21.4 Å². The van der Waals surface area contributed by atoms with Crippen molar-refractivity contribution < 1.29 is 14.6 Å². The molecule has 0 atom stereocenters. The van der Waals surface area contributed by atoms with Crippen molar-refractivity contribution in [2.45, 2.75) is 58.3 Å². The van der Waals surface area contributed by atoms with Crippen LogP contribution < -0.4 is 4.74 Å². The molecule has 2 aromatic rings. The average Bonchev–Trinajstić information content (AvgIpc) is 2.96. The number of fused-ring (bicyclic) bond motifs is 1. The van der Waals surface area contributed by atoms with Gasteiger partial charge in [-0.15, -0.1) is 11.3 Å². The van der Waals surface area contributed by atoms with E-state index in [-0.39, 0.29) is 10.8 Å². The minimum atomic E-state index is -0.954. The van der Waals surface area contributed by atoms with Crippen LogP contribution >= 0.6 is 11.3 Å². The molecule has 1 heterocycles. The summed E-state index contributed by atoms with van der Waals surface area (Å²) >= 11 is 1.89. The van der Waals surface area contributed by atoms with E-state index < -0.39 is 5.97 Å². The third-order valence-corrected chi connectivity index (χ3v) is 7.39. The highest BCUT2D eigenvalue weighted by Crippen LogP contribution is 2.54. The molecule has 1 aromatic carbocycles. The van der Waals surface area contributed by atoms with Crippen molar-refractivity contribution in [3.63, 3.8) is 0 Å². The van der Waals surface area contributed by atoms with Gasteiger partial charge >= 0.3 is 5.97 Å². The van der Waals surface area contributed by atoms with Gasteiger partial charge in [0.1, 0.15) is 5.75 Å². The smallest absolute Gasteiger partial charge is 0.328 e. The first-order valence-corrected chi connectivity index (χ1v) is 10.1. The Morgan fingerprint density at radius 3 is 2.44 bits per heavy atom. The van der Waals surface area contributed by atoms with Crippen LogP contribution in [0.3, 0.4) is 0 Å². The van der Waals surface area contributed by atoms with Crippen LogP contribution in [0.1, 0.15) is 62.1 Å². The van der Waals surface area contributed by atoms with Gasteiger partial charge in [-0.05, 0) is 65.5 Å². The standard InChI is InChI=1S/C23H28O3S/c1-14-19-21(23(4,5)12-11-22(19,2)3)27-20(14)16-9-7-15(8-10-18(24)25)13-17(16)26-6/h7-10,13H,11-12H2,1-6H3,(H,24,25)/b10-8+. The first-order valence-electron chi connectivity index (χ1n) is 9.30. The number of rotatable bonds is 4. The molecule has 0 fully saturated rings.